The average molecular weight is 549 g/mol. The summed E-state index contributed by atoms with van der Waals surface area (Å²) in [5.41, 5.74) is 1.64. The van der Waals surface area contributed by atoms with Crippen LogP contribution < -0.4 is 0 Å². The summed E-state index contributed by atoms with van der Waals surface area (Å²) in [7, 11) is 0.0647. The van der Waals surface area contributed by atoms with Gasteiger partial charge in [0.25, 0.3) is 6.43 Å². The van der Waals surface area contributed by atoms with Crippen molar-refractivity contribution in [1.82, 2.24) is 19.2 Å². The fourth-order valence-electron chi connectivity index (χ4n) is 3.94. The van der Waals surface area contributed by atoms with Crippen LogP contribution in [0.3, 0.4) is 0 Å². The fourth-order valence-corrected chi connectivity index (χ4v) is 5.36. The number of aromatic amines is 1. The number of nitrogens with one attached hydrogen (secondary N) is 1. The van der Waals surface area contributed by atoms with E-state index in [0.29, 0.717) is 11.0 Å². The lowest BCUT2D eigenvalue weighted by Crippen LogP contribution is -2.44. The number of alkyl halides is 5. The van der Waals surface area contributed by atoms with Crippen molar-refractivity contribution in [1.29, 1.82) is 0 Å². The van der Waals surface area contributed by atoms with Gasteiger partial charge in [-0.3, -0.25) is 0 Å². The van der Waals surface area contributed by atoms with E-state index in [4.69, 9.17) is 9.90 Å². The Morgan fingerprint density at radius 3 is 2.24 bits per heavy atom. The molecule has 1 aliphatic rings. The molecule has 0 aliphatic carbocycles. The van der Waals surface area contributed by atoms with Crippen molar-refractivity contribution in [3.8, 4) is 11.1 Å². The number of aromatic nitrogens is 2. The molecule has 202 valence electrons. The summed E-state index contributed by atoms with van der Waals surface area (Å²) in [6.45, 7) is 1.75. The fraction of sp³-hybridized carbons (Fsp3) is 0.391. The summed E-state index contributed by atoms with van der Waals surface area (Å²) in [5, 5.41) is 7.70. The van der Waals surface area contributed by atoms with E-state index >= 15 is 0 Å². The van der Waals surface area contributed by atoms with Crippen LogP contribution in [-0.2, 0) is 14.8 Å². The first-order chi connectivity index (χ1) is 17.2. The number of rotatable bonds is 5. The zero-order chi connectivity index (χ0) is 27.5. The number of hydrogen-bond acceptors (Lipinski definition) is 5. The molecule has 1 aromatic carbocycles. The van der Waals surface area contributed by atoms with Gasteiger partial charge in [0.15, 0.2) is 0 Å². The van der Waals surface area contributed by atoms with Crippen molar-refractivity contribution >= 4 is 27.0 Å². The number of piperidine rings is 1. The lowest BCUT2D eigenvalue weighted by atomic mass is 10.0. The average Bonchev–Trinajstić information content (AvgIpc) is 3.29. The van der Waals surface area contributed by atoms with Crippen LogP contribution in [-0.4, -0.2) is 78.1 Å². The second-order valence-corrected chi connectivity index (χ2v) is 10.5. The van der Waals surface area contributed by atoms with E-state index in [1.54, 1.807) is 43.6 Å². The number of carboxylic acid groups (broad SMARTS) is 1. The van der Waals surface area contributed by atoms with Gasteiger partial charge in [0.1, 0.15) is 5.65 Å². The topological polar surface area (TPSA) is 107 Å². The van der Waals surface area contributed by atoms with Crippen molar-refractivity contribution in [2.24, 2.45) is 0 Å². The third kappa shape index (κ3) is 6.62. The molecule has 1 fully saturated rings. The molecular weight excluding hydrogens is 523 g/mol. The second kappa shape index (κ2) is 11.1. The van der Waals surface area contributed by atoms with Crippen molar-refractivity contribution in [2.75, 3.05) is 27.2 Å². The molecule has 0 atom stereocenters. The number of benzene rings is 1. The van der Waals surface area contributed by atoms with Crippen LogP contribution in [0.5, 0.6) is 0 Å². The Morgan fingerprint density at radius 1 is 1.16 bits per heavy atom. The monoisotopic (exact) mass is 548 g/mol. The number of carbonyl (C=O) groups is 1. The first kappa shape index (κ1) is 28.5. The van der Waals surface area contributed by atoms with Gasteiger partial charge in [0.2, 0.25) is 10.0 Å². The molecule has 0 unspecified atom stereocenters. The molecule has 4 rings (SSSR count). The molecule has 8 nitrogen and oxygen atoms in total. The number of likely N-dealkylation sites (tertiary alicyclic amines) is 1. The highest BCUT2D eigenvalue weighted by Crippen LogP contribution is 2.32. The van der Waals surface area contributed by atoms with Crippen LogP contribution in [0, 0.1) is 0 Å². The van der Waals surface area contributed by atoms with Gasteiger partial charge in [0.05, 0.1) is 10.6 Å². The number of carboxylic acids is 1. The predicted octanol–water partition coefficient (Wildman–Crippen LogP) is 4.52. The van der Waals surface area contributed by atoms with Gasteiger partial charge < -0.3 is 15.0 Å². The lowest BCUT2D eigenvalue weighted by molar-refractivity contribution is -0.192. The Hall–Kier alpha value is -3.10. The minimum Gasteiger partial charge on any atom is -0.475 e. The second-order valence-electron chi connectivity index (χ2n) is 8.53. The summed E-state index contributed by atoms with van der Waals surface area (Å²) < 4.78 is 85.4. The van der Waals surface area contributed by atoms with Crippen LogP contribution in [0.4, 0.5) is 22.0 Å². The molecule has 0 saturated carbocycles. The number of pyridine rings is 1. The largest absolute Gasteiger partial charge is 0.490 e. The zero-order valence-corrected chi connectivity index (χ0v) is 20.7. The van der Waals surface area contributed by atoms with Crippen LogP contribution in [0.2, 0.25) is 0 Å². The van der Waals surface area contributed by atoms with Crippen LogP contribution >= 0.6 is 0 Å². The molecule has 1 aliphatic heterocycles. The van der Waals surface area contributed by atoms with Gasteiger partial charge in [-0.25, -0.2) is 27.0 Å². The summed E-state index contributed by atoms with van der Waals surface area (Å²) in [6, 6.07) is 9.67. The minimum atomic E-state index is -5.08. The number of H-pyrrole nitrogens is 1. The van der Waals surface area contributed by atoms with Gasteiger partial charge in [0, 0.05) is 24.7 Å². The highest BCUT2D eigenvalue weighted by molar-refractivity contribution is 7.89. The number of sulfonamides is 1. The summed E-state index contributed by atoms with van der Waals surface area (Å²) >= 11 is 0. The lowest BCUT2D eigenvalue weighted by Gasteiger charge is -2.34. The summed E-state index contributed by atoms with van der Waals surface area (Å²) in [4.78, 5) is 18.1. The number of hydrogen-bond donors (Lipinski definition) is 2. The maximum Gasteiger partial charge on any atom is 0.490 e. The number of fused-ring (bicyclic) bond motifs is 1. The normalized spacial score (nSPS) is 15.7. The molecule has 37 heavy (non-hydrogen) atoms. The minimum absolute atomic E-state index is 0.0154. The Kier molecular flexibility index (Phi) is 8.55. The van der Waals surface area contributed by atoms with Crippen molar-refractivity contribution < 1.29 is 40.3 Å². The Morgan fingerprint density at radius 2 is 1.73 bits per heavy atom. The van der Waals surface area contributed by atoms with E-state index in [0.717, 1.165) is 37.1 Å². The molecule has 2 aromatic heterocycles. The summed E-state index contributed by atoms with van der Waals surface area (Å²) in [5.74, 6) is -2.76. The third-order valence-corrected chi connectivity index (χ3v) is 8.00. The number of nitrogens with zero attached hydrogens (tertiary/aromatic N) is 3. The van der Waals surface area contributed by atoms with Gasteiger partial charge in [-0.2, -0.15) is 17.5 Å². The molecule has 0 spiro atoms. The van der Waals surface area contributed by atoms with E-state index < -0.39 is 28.6 Å². The maximum atomic E-state index is 13.1. The molecule has 0 radical (unpaired) electrons. The Balaban J connectivity index is 0.000000479. The van der Waals surface area contributed by atoms with Crippen LogP contribution in [0.1, 0.15) is 25.0 Å². The SMILES string of the molecule is CN1CCC(N(C)S(=O)(=O)c2ccc(-c3ccnc4[nH]c(C(F)F)cc34)cc2)CC1.O=C(O)C(F)(F)F. The molecule has 2 N–H and O–H groups in total. The maximum absolute atomic E-state index is 13.1. The van der Waals surface area contributed by atoms with Gasteiger partial charge >= 0.3 is 12.1 Å². The number of aliphatic carboxylic acids is 1. The Labute approximate surface area is 209 Å². The van der Waals surface area contributed by atoms with Crippen LogP contribution in [0.25, 0.3) is 22.2 Å². The Bertz CT molecular complexity index is 1340. The van der Waals surface area contributed by atoms with E-state index in [1.165, 1.54) is 10.4 Å². The predicted molar refractivity (Wildman–Crippen MR) is 126 cm³/mol. The molecule has 0 amide bonds. The van der Waals surface area contributed by atoms with Gasteiger partial charge in [-0.1, -0.05) is 12.1 Å². The summed E-state index contributed by atoms with van der Waals surface area (Å²) in [6.07, 6.45) is -4.55. The number of halogens is 5. The highest BCUT2D eigenvalue weighted by atomic mass is 32.2. The van der Waals surface area contributed by atoms with Crippen molar-refractivity contribution in [3.63, 3.8) is 0 Å². The quantitative estimate of drug-likeness (QED) is 0.455. The van der Waals surface area contributed by atoms with Crippen molar-refractivity contribution in [3.05, 3.63) is 48.3 Å². The van der Waals surface area contributed by atoms with E-state index in [9.17, 15) is 30.4 Å². The molecule has 3 aromatic rings. The standard InChI is InChI=1S/C21H24F2N4O2S.C2HF3O2/c1-26-11-8-15(9-12-26)27(2)30(28,29)16-5-3-14(4-6-16)17-7-10-24-21-18(17)13-19(25-21)20(22)23;3-2(4,5)1(6)7/h3-7,10,13,15,20H,8-9,11-12H2,1-2H3,(H,24,25);(H,6,7). The van der Waals surface area contributed by atoms with Gasteiger partial charge in [-0.15, -0.1) is 0 Å². The zero-order valence-electron chi connectivity index (χ0n) is 19.8. The molecule has 1 saturated heterocycles. The third-order valence-electron chi connectivity index (χ3n) is 6.07. The van der Waals surface area contributed by atoms with E-state index in [2.05, 4.69) is 14.9 Å². The van der Waals surface area contributed by atoms with Crippen LogP contribution in [0.15, 0.2) is 47.5 Å². The smallest absolute Gasteiger partial charge is 0.475 e. The molecule has 3 heterocycles. The van der Waals surface area contributed by atoms with E-state index in [1.807, 2.05) is 7.05 Å². The first-order valence-corrected chi connectivity index (χ1v) is 12.5. The first-order valence-electron chi connectivity index (χ1n) is 11.0. The highest BCUT2D eigenvalue weighted by Gasteiger charge is 2.38. The van der Waals surface area contributed by atoms with Crippen molar-refractivity contribution in [2.45, 2.75) is 36.4 Å². The molecular formula is C23H25F5N4O4S. The molecule has 14 heteroatoms. The molecule has 0 bridgehead atoms. The van der Waals surface area contributed by atoms with E-state index in [-0.39, 0.29) is 16.6 Å². The van der Waals surface area contributed by atoms with Gasteiger partial charge in [-0.05, 0) is 68.4 Å².